The molecular formula is C15H23NO4S. The van der Waals surface area contributed by atoms with Gasteiger partial charge >= 0.3 is 0 Å². The topological polar surface area (TPSA) is 78.6 Å². The lowest BCUT2D eigenvalue weighted by Crippen LogP contribution is -2.35. The number of hydrogen-bond acceptors (Lipinski definition) is 5. The van der Waals surface area contributed by atoms with Crippen LogP contribution in [-0.4, -0.2) is 40.2 Å². The molecule has 1 saturated heterocycles. The summed E-state index contributed by atoms with van der Waals surface area (Å²) < 4.78 is 33.8. The van der Waals surface area contributed by atoms with Crippen molar-refractivity contribution < 1.29 is 17.9 Å². The quantitative estimate of drug-likeness (QED) is 0.860. The van der Waals surface area contributed by atoms with Crippen LogP contribution in [0.25, 0.3) is 0 Å². The van der Waals surface area contributed by atoms with Crippen LogP contribution in [-0.2, 0) is 9.84 Å². The molecule has 1 aliphatic rings. The van der Waals surface area contributed by atoms with Gasteiger partial charge in [-0.3, -0.25) is 0 Å². The molecule has 118 valence electrons. The first kappa shape index (κ1) is 16.1. The fourth-order valence-electron chi connectivity index (χ4n) is 2.65. The fourth-order valence-corrected chi connectivity index (χ4v) is 4.18. The van der Waals surface area contributed by atoms with Crippen LogP contribution in [0.3, 0.4) is 0 Å². The predicted octanol–water partition coefficient (Wildman–Crippen LogP) is 1.47. The third-order valence-electron chi connectivity index (χ3n) is 4.09. The molecule has 1 unspecified atom stereocenters. The van der Waals surface area contributed by atoms with E-state index in [1.54, 1.807) is 7.11 Å². The number of rotatable bonds is 6. The Kier molecular flexibility index (Phi) is 5.47. The maximum absolute atomic E-state index is 11.5. The highest BCUT2D eigenvalue weighted by molar-refractivity contribution is 7.91. The van der Waals surface area contributed by atoms with E-state index in [-0.39, 0.29) is 17.4 Å². The molecule has 5 nitrogen and oxygen atoms in total. The lowest BCUT2D eigenvalue weighted by Gasteiger charge is -2.29. The van der Waals surface area contributed by atoms with E-state index in [0.29, 0.717) is 31.9 Å². The van der Waals surface area contributed by atoms with Crippen molar-refractivity contribution in [2.75, 3.05) is 31.8 Å². The summed E-state index contributed by atoms with van der Waals surface area (Å²) in [4.78, 5) is 0. The van der Waals surface area contributed by atoms with Crippen LogP contribution >= 0.6 is 0 Å². The molecule has 1 aromatic carbocycles. The SMILES string of the molecule is COc1ccc(OCC(CN)C2CCS(=O)(=O)CC2)cc1. The molecular weight excluding hydrogens is 290 g/mol. The molecule has 1 aliphatic heterocycles. The molecule has 0 amide bonds. The van der Waals surface area contributed by atoms with Gasteiger partial charge in [0.1, 0.15) is 21.3 Å². The zero-order chi connectivity index (χ0) is 15.3. The predicted molar refractivity (Wildman–Crippen MR) is 82.4 cm³/mol. The summed E-state index contributed by atoms with van der Waals surface area (Å²) in [7, 11) is -1.21. The zero-order valence-corrected chi connectivity index (χ0v) is 13.1. The van der Waals surface area contributed by atoms with Gasteiger partial charge in [0.15, 0.2) is 0 Å². The minimum atomic E-state index is -2.83. The fraction of sp³-hybridized carbons (Fsp3) is 0.600. The van der Waals surface area contributed by atoms with E-state index in [9.17, 15) is 8.42 Å². The van der Waals surface area contributed by atoms with Crippen LogP contribution in [0.1, 0.15) is 12.8 Å². The molecule has 0 spiro atoms. The van der Waals surface area contributed by atoms with Gasteiger partial charge in [0.05, 0.1) is 25.2 Å². The molecule has 1 fully saturated rings. The van der Waals surface area contributed by atoms with Crippen LogP contribution in [0.15, 0.2) is 24.3 Å². The monoisotopic (exact) mass is 313 g/mol. The summed E-state index contributed by atoms with van der Waals surface area (Å²) >= 11 is 0. The third kappa shape index (κ3) is 4.61. The standard InChI is InChI=1S/C15H23NO4S/c1-19-14-2-4-15(5-3-14)20-11-13(10-16)12-6-8-21(17,18)9-7-12/h2-5,12-13H,6-11,16H2,1H3. The lowest BCUT2D eigenvalue weighted by molar-refractivity contribution is 0.189. The van der Waals surface area contributed by atoms with Crippen molar-refractivity contribution in [3.63, 3.8) is 0 Å². The molecule has 2 rings (SSSR count). The summed E-state index contributed by atoms with van der Waals surface area (Å²) in [5.41, 5.74) is 5.83. The zero-order valence-electron chi connectivity index (χ0n) is 12.3. The van der Waals surface area contributed by atoms with Gasteiger partial charge in [-0.15, -0.1) is 0 Å². The van der Waals surface area contributed by atoms with Crippen LogP contribution in [0.2, 0.25) is 0 Å². The first-order valence-electron chi connectivity index (χ1n) is 7.21. The minimum absolute atomic E-state index is 0.197. The molecule has 0 saturated carbocycles. The van der Waals surface area contributed by atoms with Crippen molar-refractivity contribution in [2.24, 2.45) is 17.6 Å². The molecule has 0 aliphatic carbocycles. The normalized spacial score (nSPS) is 19.9. The Morgan fingerprint density at radius 1 is 1.19 bits per heavy atom. The third-order valence-corrected chi connectivity index (χ3v) is 5.81. The lowest BCUT2D eigenvalue weighted by atomic mass is 9.88. The van der Waals surface area contributed by atoms with E-state index in [1.807, 2.05) is 24.3 Å². The van der Waals surface area contributed by atoms with Gasteiger partial charge in [-0.05, 0) is 49.6 Å². The van der Waals surface area contributed by atoms with Crippen molar-refractivity contribution in [1.29, 1.82) is 0 Å². The van der Waals surface area contributed by atoms with Crippen LogP contribution < -0.4 is 15.2 Å². The molecule has 1 aromatic rings. The van der Waals surface area contributed by atoms with Crippen molar-refractivity contribution in [1.82, 2.24) is 0 Å². The summed E-state index contributed by atoms with van der Waals surface area (Å²) in [5.74, 6) is 2.64. The average Bonchev–Trinajstić information content (AvgIpc) is 2.49. The van der Waals surface area contributed by atoms with Crippen LogP contribution in [0.4, 0.5) is 0 Å². The van der Waals surface area contributed by atoms with Gasteiger partial charge < -0.3 is 15.2 Å². The molecule has 0 bridgehead atoms. The van der Waals surface area contributed by atoms with E-state index < -0.39 is 9.84 Å². The van der Waals surface area contributed by atoms with Crippen molar-refractivity contribution in [3.05, 3.63) is 24.3 Å². The van der Waals surface area contributed by atoms with Gasteiger partial charge in [0.25, 0.3) is 0 Å². The molecule has 6 heteroatoms. The maximum atomic E-state index is 11.5. The Morgan fingerprint density at radius 2 is 1.76 bits per heavy atom. The second kappa shape index (κ2) is 7.13. The van der Waals surface area contributed by atoms with E-state index >= 15 is 0 Å². The second-order valence-corrected chi connectivity index (χ2v) is 7.78. The number of methoxy groups -OCH3 is 1. The van der Waals surface area contributed by atoms with Crippen LogP contribution in [0, 0.1) is 11.8 Å². The second-order valence-electron chi connectivity index (χ2n) is 5.47. The molecule has 21 heavy (non-hydrogen) atoms. The van der Waals surface area contributed by atoms with E-state index in [1.165, 1.54) is 0 Å². The van der Waals surface area contributed by atoms with Gasteiger partial charge in [0.2, 0.25) is 0 Å². The van der Waals surface area contributed by atoms with E-state index in [4.69, 9.17) is 15.2 Å². The summed E-state index contributed by atoms with van der Waals surface area (Å²) in [6, 6.07) is 7.41. The Labute approximate surface area is 126 Å². The number of ether oxygens (including phenoxy) is 2. The first-order valence-corrected chi connectivity index (χ1v) is 9.03. The van der Waals surface area contributed by atoms with E-state index in [2.05, 4.69) is 0 Å². The van der Waals surface area contributed by atoms with Crippen LogP contribution in [0.5, 0.6) is 11.5 Å². The Bertz CT molecular complexity index is 527. The molecule has 1 heterocycles. The smallest absolute Gasteiger partial charge is 0.150 e. The van der Waals surface area contributed by atoms with Gasteiger partial charge in [0, 0.05) is 5.92 Å². The summed E-state index contributed by atoms with van der Waals surface area (Å²) in [6.07, 6.45) is 1.38. The average molecular weight is 313 g/mol. The number of nitrogens with two attached hydrogens (primary N) is 1. The number of sulfone groups is 1. The molecule has 0 radical (unpaired) electrons. The molecule has 2 N–H and O–H groups in total. The van der Waals surface area contributed by atoms with Crippen molar-refractivity contribution >= 4 is 9.84 Å². The highest BCUT2D eigenvalue weighted by Gasteiger charge is 2.29. The first-order chi connectivity index (χ1) is 10.0. The Hall–Kier alpha value is -1.27. The van der Waals surface area contributed by atoms with Gasteiger partial charge in [-0.1, -0.05) is 0 Å². The van der Waals surface area contributed by atoms with Gasteiger partial charge in [-0.2, -0.15) is 0 Å². The number of hydrogen-bond donors (Lipinski definition) is 1. The van der Waals surface area contributed by atoms with Gasteiger partial charge in [-0.25, -0.2) is 8.42 Å². The molecule has 0 aromatic heterocycles. The Balaban J connectivity index is 1.87. The van der Waals surface area contributed by atoms with Crippen molar-refractivity contribution in [2.45, 2.75) is 12.8 Å². The highest BCUT2D eigenvalue weighted by atomic mass is 32.2. The maximum Gasteiger partial charge on any atom is 0.150 e. The Morgan fingerprint density at radius 3 is 2.29 bits per heavy atom. The minimum Gasteiger partial charge on any atom is -0.497 e. The molecule has 1 atom stereocenters. The summed E-state index contributed by atoms with van der Waals surface area (Å²) in [5, 5.41) is 0. The highest BCUT2D eigenvalue weighted by Crippen LogP contribution is 2.27. The van der Waals surface area contributed by atoms with Crippen molar-refractivity contribution in [3.8, 4) is 11.5 Å². The number of benzene rings is 1. The van der Waals surface area contributed by atoms with E-state index in [0.717, 1.165) is 11.5 Å². The summed E-state index contributed by atoms with van der Waals surface area (Å²) in [6.45, 7) is 1.04. The largest absolute Gasteiger partial charge is 0.497 e.